The number of halogens is 1. The number of nitrogen functional groups attached to an aromatic ring is 7. The van der Waals surface area contributed by atoms with Crippen molar-refractivity contribution in [1.29, 1.82) is 0 Å². The van der Waals surface area contributed by atoms with Crippen LogP contribution in [0.5, 0.6) is 5.75 Å². The van der Waals surface area contributed by atoms with Crippen LogP contribution < -0.4 is 44.9 Å². The fourth-order valence-corrected chi connectivity index (χ4v) is 11.4. The normalized spacial score (nSPS) is 12.2. The summed E-state index contributed by atoms with van der Waals surface area (Å²) in [5, 5.41) is 7.60. The Hall–Kier alpha value is -13.3. The molecule has 14 heterocycles. The average Bonchev–Trinajstić information content (AvgIpc) is 1.56. The van der Waals surface area contributed by atoms with Gasteiger partial charge in [0.2, 0.25) is 0 Å². The molecule has 14 aromatic rings. The number of hydrogen-bond acceptors (Lipinski definition) is 23. The molecular weight excluding hydrogens is 1320 g/mol. The van der Waals surface area contributed by atoms with Crippen LogP contribution in [0.2, 0.25) is 0 Å². The van der Waals surface area contributed by atoms with Crippen LogP contribution in [0.4, 0.5) is 44.2 Å². The van der Waals surface area contributed by atoms with E-state index >= 15 is 0 Å². The number of piperidine rings is 1. The summed E-state index contributed by atoms with van der Waals surface area (Å²) in [5.74, 6) is 1.18. The molecule has 15 rings (SSSR count). The molecule has 0 saturated carbocycles. The first-order valence-electron chi connectivity index (χ1n) is 32.9. The number of benzene rings is 1. The van der Waals surface area contributed by atoms with Gasteiger partial charge in [-0.05, 0) is 88.7 Å². The van der Waals surface area contributed by atoms with Gasteiger partial charge in [-0.15, -0.1) is 5.10 Å². The van der Waals surface area contributed by atoms with Gasteiger partial charge in [0.05, 0.1) is 210 Å². The number of nitrogens with zero attached hydrogens (tertiary/aromatic N) is 21. The zero-order valence-electron chi connectivity index (χ0n) is 59.8. The molecule has 13 aromatic heterocycles. The molecule has 30 heteroatoms. The van der Waals surface area contributed by atoms with E-state index in [4.69, 9.17) is 44.9 Å². The summed E-state index contributed by atoms with van der Waals surface area (Å²) in [4.78, 5) is 50.4. The first-order chi connectivity index (χ1) is 50.2. The summed E-state index contributed by atoms with van der Waals surface area (Å²) < 4.78 is 29.9. The maximum absolute atomic E-state index is 13.4. The number of imidazole rings is 5. The molecule has 0 unspecified atom stereocenters. The van der Waals surface area contributed by atoms with Crippen molar-refractivity contribution in [2.45, 2.75) is 52.6 Å². The molecule has 536 valence electrons. The van der Waals surface area contributed by atoms with E-state index in [1.54, 1.807) is 142 Å². The highest BCUT2D eigenvalue weighted by atomic mass is 19.1. The molecule has 0 amide bonds. The summed E-state index contributed by atoms with van der Waals surface area (Å²) in [7, 11) is 13.2. The van der Waals surface area contributed by atoms with Gasteiger partial charge in [0, 0.05) is 107 Å². The SMILES string of the molecule is CCn1cncc1-c1ccncc1N.CN1CCCC[C@@H]1c1ccc(-c2ccncc2N)cc1.COc1cncc(N)c1-c1cncn1C.Cc1ncc(-c2ccncc2N)n1C.Cc1ncn(C)c1-c1ccncc1N.Cn1cncc1-c1c(N)cncc1F.Cn1nncc1-c1ccncc1N. The molecule has 0 spiro atoms. The lowest BCUT2D eigenvalue weighted by Crippen LogP contribution is -2.29. The third-order valence-electron chi connectivity index (χ3n) is 17.1. The van der Waals surface area contributed by atoms with Gasteiger partial charge >= 0.3 is 0 Å². The number of anilines is 7. The van der Waals surface area contributed by atoms with Gasteiger partial charge < -0.3 is 67.7 Å². The fraction of sp³-hybridized carbons (Fsp3) is 0.216. The molecule has 0 bridgehead atoms. The van der Waals surface area contributed by atoms with E-state index in [2.05, 4.69) is 113 Å². The van der Waals surface area contributed by atoms with E-state index in [1.165, 1.54) is 37.6 Å². The number of pyridine rings is 7. The Kier molecular flexibility index (Phi) is 25.7. The summed E-state index contributed by atoms with van der Waals surface area (Å²) in [6.45, 7) is 8.08. The highest BCUT2D eigenvalue weighted by Crippen LogP contribution is 2.36. The summed E-state index contributed by atoms with van der Waals surface area (Å²) >= 11 is 0. The topological polar surface area (TPSA) is 405 Å². The quantitative estimate of drug-likeness (QED) is 0.0669. The van der Waals surface area contributed by atoms with Gasteiger partial charge in [-0.3, -0.25) is 39.8 Å². The molecule has 1 atom stereocenters. The molecule has 29 nitrogen and oxygen atoms in total. The van der Waals surface area contributed by atoms with Crippen molar-refractivity contribution < 1.29 is 9.13 Å². The Morgan fingerprint density at radius 2 is 0.942 bits per heavy atom. The van der Waals surface area contributed by atoms with Crippen LogP contribution in [0.15, 0.2) is 198 Å². The fourth-order valence-electron chi connectivity index (χ4n) is 11.4. The minimum atomic E-state index is -0.436. The number of likely N-dealkylation sites (tertiary alicyclic amines) is 1. The predicted octanol–water partition coefficient (Wildman–Crippen LogP) is 10.5. The zero-order chi connectivity index (χ0) is 74.4. The van der Waals surface area contributed by atoms with Crippen molar-refractivity contribution in [2.24, 2.45) is 35.2 Å². The minimum absolute atomic E-state index is 0.314. The molecule has 1 aromatic carbocycles. The van der Waals surface area contributed by atoms with Gasteiger partial charge in [-0.2, -0.15) is 0 Å². The molecule has 14 N–H and O–H groups in total. The standard InChI is InChI=1S/C17H21N3.C10H12N4O.3C10H12N4.C9H9FN4.C8H9N5/c1-20-11-3-2-4-17(20)14-7-5-13(6-8-14)15-9-10-19-12-16(15)18;1-14-6-13-4-8(14)10-7(11)3-12-5-9(10)15-2;1-7-10(14(2)6-13-7)8-3-4-12-5-9(8)11;1-7-13-6-10(14(7)2)8-3-4-12-5-9(8)11;1-2-14-7-13-6-10(14)8-3-4-12-5-9(8)11;1-14-5-13-4-8(14)9-6(10)2-12-3-7(9)11;1-13-8(5-11-12-13)6-2-3-10-4-7(6)9/h5-10,12,17H,2-4,11,18H2,1H3;3-6H,11H2,1-2H3;2*3-6H,11H2,1-2H3;3-7H,2,11H2,1H3;2-5H,11H2,1H3;2-5H,9H2,1H3/t17-;;;;;;/m1....../s1. The Bertz CT molecular complexity index is 5010. The third kappa shape index (κ3) is 18.4. The second kappa shape index (κ2) is 35.7. The van der Waals surface area contributed by atoms with E-state index < -0.39 is 5.82 Å². The largest absolute Gasteiger partial charge is 0.494 e. The molecule has 1 fully saturated rings. The molecule has 0 aliphatic carbocycles. The zero-order valence-corrected chi connectivity index (χ0v) is 59.8. The van der Waals surface area contributed by atoms with E-state index in [-0.39, 0.29) is 0 Å². The molecule has 1 aliphatic heterocycles. The Morgan fingerprint density at radius 3 is 1.40 bits per heavy atom. The molecule has 104 heavy (non-hydrogen) atoms. The number of nitrogens with two attached hydrogens (primary N) is 7. The van der Waals surface area contributed by atoms with Crippen LogP contribution in [0.25, 0.3) is 78.7 Å². The number of methoxy groups -OCH3 is 1. The van der Waals surface area contributed by atoms with E-state index in [0.717, 1.165) is 97.4 Å². The van der Waals surface area contributed by atoms with Gasteiger partial charge in [-0.25, -0.2) is 34.0 Å². The van der Waals surface area contributed by atoms with Crippen LogP contribution in [-0.2, 0) is 41.8 Å². The highest BCUT2D eigenvalue weighted by Gasteiger charge is 2.21. The van der Waals surface area contributed by atoms with Gasteiger partial charge in [0.15, 0.2) is 5.82 Å². The second-order valence-corrected chi connectivity index (χ2v) is 23.9. The smallest absolute Gasteiger partial charge is 0.152 e. The minimum Gasteiger partial charge on any atom is -0.494 e. The first kappa shape index (κ1) is 75.0. The Balaban J connectivity index is 0.000000141. The van der Waals surface area contributed by atoms with Crippen molar-refractivity contribution in [3.63, 3.8) is 0 Å². The Morgan fingerprint density at radius 1 is 0.452 bits per heavy atom. The highest BCUT2D eigenvalue weighted by molar-refractivity contribution is 5.80. The van der Waals surface area contributed by atoms with Crippen molar-refractivity contribution in [3.8, 4) is 84.4 Å². The first-order valence-corrected chi connectivity index (χ1v) is 32.9. The van der Waals surface area contributed by atoms with Crippen LogP contribution in [-0.4, -0.2) is 123 Å². The average molecular weight is 1400 g/mol. The summed E-state index contributed by atoms with van der Waals surface area (Å²) in [5.41, 5.74) is 60.2. The van der Waals surface area contributed by atoms with Crippen LogP contribution in [0.3, 0.4) is 0 Å². The maximum Gasteiger partial charge on any atom is 0.152 e. The number of aromatic nitrogens is 20. The molecular formula is C74H87FN28O. The lowest BCUT2D eigenvalue weighted by Gasteiger charge is -2.32. The maximum atomic E-state index is 13.4. The molecule has 0 radical (unpaired) electrons. The predicted molar refractivity (Wildman–Crippen MR) is 407 cm³/mol. The molecule has 1 saturated heterocycles. The van der Waals surface area contributed by atoms with Gasteiger partial charge in [0.25, 0.3) is 0 Å². The summed E-state index contributed by atoms with van der Waals surface area (Å²) in [6, 6.07) is 18.9. The second-order valence-electron chi connectivity index (χ2n) is 23.9. The van der Waals surface area contributed by atoms with Gasteiger partial charge in [-0.1, -0.05) is 35.9 Å². The Labute approximate surface area is 602 Å². The van der Waals surface area contributed by atoms with E-state index in [0.29, 0.717) is 57.2 Å². The van der Waals surface area contributed by atoms with E-state index in [1.807, 2.05) is 103 Å². The third-order valence-corrected chi connectivity index (χ3v) is 17.1. The van der Waals surface area contributed by atoms with Crippen LogP contribution >= 0.6 is 0 Å². The van der Waals surface area contributed by atoms with Crippen molar-refractivity contribution >= 4 is 39.8 Å². The lowest BCUT2D eigenvalue weighted by atomic mass is 9.94. The number of ether oxygens (including phenoxy) is 1. The molecule has 1 aliphatic rings. The number of aryl methyl sites for hydroxylation is 7. The van der Waals surface area contributed by atoms with Crippen molar-refractivity contribution in [2.75, 3.05) is 60.8 Å². The van der Waals surface area contributed by atoms with Crippen molar-refractivity contribution in [1.82, 2.24) is 103 Å². The number of rotatable bonds is 10. The van der Waals surface area contributed by atoms with Gasteiger partial charge in [0.1, 0.15) is 11.6 Å². The monoisotopic (exact) mass is 1400 g/mol. The number of hydrogen-bond donors (Lipinski definition) is 7. The van der Waals surface area contributed by atoms with Crippen LogP contribution in [0, 0.1) is 19.7 Å². The lowest BCUT2D eigenvalue weighted by molar-refractivity contribution is 0.187. The van der Waals surface area contributed by atoms with E-state index in [9.17, 15) is 4.39 Å². The summed E-state index contributed by atoms with van der Waals surface area (Å²) in [6.07, 6.45) is 42.2. The van der Waals surface area contributed by atoms with Crippen LogP contribution in [0.1, 0.15) is 49.3 Å². The van der Waals surface area contributed by atoms with Crippen molar-refractivity contribution in [3.05, 3.63) is 221 Å².